The molecule has 0 saturated heterocycles. The van der Waals surface area contributed by atoms with Crippen LogP contribution in [-0.2, 0) is 6.54 Å². The summed E-state index contributed by atoms with van der Waals surface area (Å²) in [4.78, 5) is 3.89. The maximum absolute atomic E-state index is 12.1. The molecule has 124 valence electrons. The molecule has 0 unspecified atom stereocenters. The SMILES string of the molecule is CN=C(NCCC(F)(F)F)NCc1cnn(-c2ccccc2)c1. The van der Waals surface area contributed by atoms with E-state index in [1.807, 2.05) is 36.5 Å². The Morgan fingerprint density at radius 1 is 1.22 bits per heavy atom. The van der Waals surface area contributed by atoms with Gasteiger partial charge >= 0.3 is 6.18 Å². The van der Waals surface area contributed by atoms with Gasteiger partial charge in [0, 0.05) is 31.9 Å². The zero-order valence-corrected chi connectivity index (χ0v) is 12.6. The van der Waals surface area contributed by atoms with E-state index in [4.69, 9.17) is 0 Å². The average molecular weight is 325 g/mol. The first-order valence-electron chi connectivity index (χ1n) is 7.08. The quantitative estimate of drug-likeness (QED) is 0.656. The summed E-state index contributed by atoms with van der Waals surface area (Å²) in [5, 5.41) is 9.83. The van der Waals surface area contributed by atoms with Crippen molar-refractivity contribution in [3.05, 3.63) is 48.3 Å². The molecule has 0 saturated carbocycles. The van der Waals surface area contributed by atoms with Crippen LogP contribution in [0.2, 0.25) is 0 Å². The smallest absolute Gasteiger partial charge is 0.356 e. The summed E-state index contributed by atoms with van der Waals surface area (Å²) in [6.45, 7) is 0.199. The first kappa shape index (κ1) is 16.9. The molecule has 1 heterocycles. The minimum absolute atomic E-state index is 0.216. The van der Waals surface area contributed by atoms with Gasteiger partial charge in [0.25, 0.3) is 0 Å². The monoisotopic (exact) mass is 325 g/mol. The maximum Gasteiger partial charge on any atom is 0.390 e. The van der Waals surface area contributed by atoms with Gasteiger partial charge in [0.05, 0.1) is 18.3 Å². The molecule has 8 heteroatoms. The molecule has 0 atom stereocenters. The Labute approximate surface area is 132 Å². The van der Waals surface area contributed by atoms with Gasteiger partial charge in [-0.1, -0.05) is 18.2 Å². The summed E-state index contributed by atoms with van der Waals surface area (Å²) < 4.78 is 38.1. The molecular formula is C15H18F3N5. The number of alkyl halides is 3. The van der Waals surface area contributed by atoms with E-state index in [-0.39, 0.29) is 6.54 Å². The van der Waals surface area contributed by atoms with E-state index in [0.717, 1.165) is 11.3 Å². The van der Waals surface area contributed by atoms with E-state index in [0.29, 0.717) is 12.5 Å². The van der Waals surface area contributed by atoms with Crippen molar-refractivity contribution in [2.45, 2.75) is 19.1 Å². The van der Waals surface area contributed by atoms with Crippen LogP contribution >= 0.6 is 0 Å². The molecule has 1 aromatic carbocycles. The number of halogens is 3. The van der Waals surface area contributed by atoms with Gasteiger partial charge in [0.15, 0.2) is 5.96 Å². The summed E-state index contributed by atoms with van der Waals surface area (Å²) in [5.74, 6) is 0.321. The normalized spacial score (nSPS) is 12.3. The molecule has 0 aliphatic carbocycles. The van der Waals surface area contributed by atoms with Crippen LogP contribution in [0.1, 0.15) is 12.0 Å². The van der Waals surface area contributed by atoms with E-state index < -0.39 is 12.6 Å². The van der Waals surface area contributed by atoms with Crippen molar-refractivity contribution >= 4 is 5.96 Å². The fourth-order valence-electron chi connectivity index (χ4n) is 1.90. The van der Waals surface area contributed by atoms with Crippen molar-refractivity contribution in [1.82, 2.24) is 20.4 Å². The molecule has 0 spiro atoms. The lowest BCUT2D eigenvalue weighted by molar-refractivity contribution is -0.132. The van der Waals surface area contributed by atoms with Gasteiger partial charge in [-0.3, -0.25) is 4.99 Å². The van der Waals surface area contributed by atoms with E-state index in [9.17, 15) is 13.2 Å². The second kappa shape index (κ2) is 7.66. The number of nitrogens with one attached hydrogen (secondary N) is 2. The first-order valence-corrected chi connectivity index (χ1v) is 7.08. The van der Waals surface area contributed by atoms with Gasteiger partial charge in [-0.2, -0.15) is 18.3 Å². The Hall–Kier alpha value is -2.51. The lowest BCUT2D eigenvalue weighted by Gasteiger charge is -2.12. The molecule has 0 radical (unpaired) electrons. The minimum Gasteiger partial charge on any atom is -0.356 e. The fourth-order valence-corrected chi connectivity index (χ4v) is 1.90. The van der Waals surface area contributed by atoms with Gasteiger partial charge in [-0.25, -0.2) is 4.68 Å². The van der Waals surface area contributed by atoms with Crippen molar-refractivity contribution in [1.29, 1.82) is 0 Å². The third-order valence-electron chi connectivity index (χ3n) is 3.04. The lowest BCUT2D eigenvalue weighted by atomic mass is 10.3. The third-order valence-corrected chi connectivity index (χ3v) is 3.04. The number of benzene rings is 1. The second-order valence-corrected chi connectivity index (χ2v) is 4.85. The highest BCUT2D eigenvalue weighted by atomic mass is 19.4. The highest BCUT2D eigenvalue weighted by Crippen LogP contribution is 2.18. The predicted molar refractivity (Wildman–Crippen MR) is 82.4 cm³/mol. The van der Waals surface area contributed by atoms with E-state index in [2.05, 4.69) is 20.7 Å². The Morgan fingerprint density at radius 2 is 1.96 bits per heavy atom. The highest BCUT2D eigenvalue weighted by Gasteiger charge is 2.26. The first-order chi connectivity index (χ1) is 11.0. The van der Waals surface area contributed by atoms with E-state index >= 15 is 0 Å². The van der Waals surface area contributed by atoms with Crippen molar-refractivity contribution < 1.29 is 13.2 Å². The number of aromatic nitrogens is 2. The Bertz CT molecular complexity index is 634. The number of guanidine groups is 1. The molecule has 0 fully saturated rings. The van der Waals surface area contributed by atoms with Crippen LogP contribution in [0.4, 0.5) is 13.2 Å². The van der Waals surface area contributed by atoms with E-state index in [1.165, 1.54) is 7.05 Å². The molecule has 23 heavy (non-hydrogen) atoms. The summed E-state index contributed by atoms with van der Waals surface area (Å²) >= 11 is 0. The van der Waals surface area contributed by atoms with Crippen molar-refractivity contribution in [3.8, 4) is 5.69 Å². The largest absolute Gasteiger partial charge is 0.390 e. The topological polar surface area (TPSA) is 54.2 Å². The van der Waals surface area contributed by atoms with Gasteiger partial charge in [-0.05, 0) is 12.1 Å². The minimum atomic E-state index is -4.18. The predicted octanol–water partition coefficient (Wildman–Crippen LogP) is 2.49. The summed E-state index contributed by atoms with van der Waals surface area (Å²) in [6.07, 6.45) is -1.53. The van der Waals surface area contributed by atoms with Crippen molar-refractivity contribution in [2.75, 3.05) is 13.6 Å². The zero-order valence-electron chi connectivity index (χ0n) is 12.6. The average Bonchev–Trinajstić information content (AvgIpc) is 2.99. The van der Waals surface area contributed by atoms with Crippen LogP contribution in [0, 0.1) is 0 Å². The summed E-state index contributed by atoms with van der Waals surface area (Å²) in [7, 11) is 1.51. The molecule has 2 aromatic rings. The molecule has 0 aliphatic rings. The van der Waals surface area contributed by atoms with Gasteiger partial charge in [-0.15, -0.1) is 0 Å². The molecule has 2 N–H and O–H groups in total. The van der Waals surface area contributed by atoms with Crippen molar-refractivity contribution in [2.24, 2.45) is 4.99 Å². The second-order valence-electron chi connectivity index (χ2n) is 4.85. The summed E-state index contributed by atoms with van der Waals surface area (Å²) in [6, 6.07) is 9.62. The number of hydrogen-bond acceptors (Lipinski definition) is 2. The Balaban J connectivity index is 1.84. The molecule has 5 nitrogen and oxygen atoms in total. The fraction of sp³-hybridized carbons (Fsp3) is 0.333. The number of hydrogen-bond donors (Lipinski definition) is 2. The standard InChI is InChI=1S/C15H18F3N5/c1-19-14(20-8-7-15(16,17)18)21-9-12-10-22-23(11-12)13-5-3-2-4-6-13/h2-6,10-11H,7-9H2,1H3,(H2,19,20,21). The van der Waals surface area contributed by atoms with Gasteiger partial charge < -0.3 is 10.6 Å². The third kappa shape index (κ3) is 5.65. The molecule has 0 amide bonds. The Kier molecular flexibility index (Phi) is 5.61. The van der Waals surface area contributed by atoms with Crippen LogP contribution in [0.3, 0.4) is 0 Å². The van der Waals surface area contributed by atoms with Crippen LogP contribution < -0.4 is 10.6 Å². The lowest BCUT2D eigenvalue weighted by Crippen LogP contribution is -2.38. The zero-order chi connectivity index (χ0) is 16.7. The number of aliphatic imine (C=N–C) groups is 1. The van der Waals surface area contributed by atoms with E-state index in [1.54, 1.807) is 10.9 Å². The summed E-state index contributed by atoms with van der Waals surface area (Å²) in [5.41, 5.74) is 1.83. The van der Waals surface area contributed by atoms with Crippen LogP contribution in [0.5, 0.6) is 0 Å². The van der Waals surface area contributed by atoms with Gasteiger partial charge in [0.1, 0.15) is 0 Å². The number of rotatable bonds is 5. The highest BCUT2D eigenvalue weighted by molar-refractivity contribution is 5.79. The maximum atomic E-state index is 12.1. The molecule has 2 rings (SSSR count). The van der Waals surface area contributed by atoms with Crippen molar-refractivity contribution in [3.63, 3.8) is 0 Å². The Morgan fingerprint density at radius 3 is 2.61 bits per heavy atom. The molecule has 0 aliphatic heterocycles. The van der Waals surface area contributed by atoms with Crippen LogP contribution in [-0.4, -0.2) is 35.5 Å². The molecular weight excluding hydrogens is 307 g/mol. The molecule has 1 aromatic heterocycles. The van der Waals surface area contributed by atoms with Crippen LogP contribution in [0.15, 0.2) is 47.7 Å². The van der Waals surface area contributed by atoms with Crippen LogP contribution in [0.25, 0.3) is 5.69 Å². The number of nitrogens with zero attached hydrogens (tertiary/aromatic N) is 3. The van der Waals surface area contributed by atoms with Gasteiger partial charge in [0.2, 0.25) is 0 Å². The number of para-hydroxylation sites is 1. The molecule has 0 bridgehead atoms.